The molecule has 0 saturated heterocycles. The van der Waals surface area contributed by atoms with Crippen LogP contribution in [0, 0.1) is 18.3 Å². The highest BCUT2D eigenvalue weighted by molar-refractivity contribution is 5.90. The first kappa shape index (κ1) is 30.6. The summed E-state index contributed by atoms with van der Waals surface area (Å²) in [6, 6.07) is 25.0. The Morgan fingerprint density at radius 3 is 2.05 bits per heavy atom. The van der Waals surface area contributed by atoms with Crippen LogP contribution in [0.2, 0.25) is 0 Å². The van der Waals surface area contributed by atoms with E-state index in [0.29, 0.717) is 19.3 Å². The molecule has 0 saturated carbocycles. The van der Waals surface area contributed by atoms with Gasteiger partial charge in [0.1, 0.15) is 6.04 Å². The molecule has 0 spiro atoms. The van der Waals surface area contributed by atoms with Crippen LogP contribution in [0.5, 0.6) is 0 Å². The van der Waals surface area contributed by atoms with Crippen LogP contribution in [0.15, 0.2) is 78.9 Å². The topological polar surface area (TPSA) is 95.5 Å². The van der Waals surface area contributed by atoms with Gasteiger partial charge in [0.15, 0.2) is 0 Å². The van der Waals surface area contributed by atoms with Crippen molar-refractivity contribution < 1.29 is 19.5 Å². The van der Waals surface area contributed by atoms with Crippen LogP contribution in [-0.2, 0) is 20.8 Å². The molecule has 0 heterocycles. The molecule has 2 amide bonds. The van der Waals surface area contributed by atoms with E-state index in [1.807, 2.05) is 82.3 Å². The average Bonchev–Trinajstić information content (AvgIpc) is 2.91. The van der Waals surface area contributed by atoms with E-state index in [1.54, 1.807) is 0 Å². The number of carboxylic acids is 1. The fourth-order valence-electron chi connectivity index (χ4n) is 5.09. The van der Waals surface area contributed by atoms with Crippen molar-refractivity contribution in [2.24, 2.45) is 11.3 Å². The predicted molar refractivity (Wildman–Crippen MR) is 160 cm³/mol. The van der Waals surface area contributed by atoms with Gasteiger partial charge in [-0.15, -0.1) is 0 Å². The van der Waals surface area contributed by atoms with Gasteiger partial charge in [0.25, 0.3) is 0 Å². The minimum absolute atomic E-state index is 0.238. The van der Waals surface area contributed by atoms with Gasteiger partial charge in [0, 0.05) is 5.92 Å². The first-order chi connectivity index (χ1) is 19.0. The second kappa shape index (κ2) is 13.9. The van der Waals surface area contributed by atoms with E-state index >= 15 is 0 Å². The van der Waals surface area contributed by atoms with Gasteiger partial charge < -0.3 is 15.7 Å². The zero-order valence-corrected chi connectivity index (χ0v) is 24.2. The summed E-state index contributed by atoms with van der Waals surface area (Å²) in [5, 5.41) is 15.5. The van der Waals surface area contributed by atoms with Gasteiger partial charge in [-0.25, -0.2) is 0 Å². The quantitative estimate of drug-likeness (QED) is 0.244. The van der Waals surface area contributed by atoms with Crippen LogP contribution in [0.4, 0.5) is 0 Å². The van der Waals surface area contributed by atoms with Crippen molar-refractivity contribution in [2.75, 3.05) is 0 Å². The molecule has 1 unspecified atom stereocenters. The number of nitrogens with one attached hydrogen (secondary N) is 2. The SMILES string of the molecule is Cc1cccc(CCCC(CC(=O)O)C(=O)N[C@H](C(=O)N[C@H](C)c2ccccc2)C(C)(C)C)c1-c1ccccc1. The van der Waals surface area contributed by atoms with Crippen LogP contribution >= 0.6 is 0 Å². The highest BCUT2D eigenvalue weighted by Crippen LogP contribution is 2.29. The Kier molecular flexibility index (Phi) is 10.7. The van der Waals surface area contributed by atoms with Crippen molar-refractivity contribution >= 4 is 17.8 Å². The monoisotopic (exact) mass is 542 g/mol. The van der Waals surface area contributed by atoms with Gasteiger partial charge in [-0.05, 0) is 66.3 Å². The molecule has 6 nitrogen and oxygen atoms in total. The Labute approximate surface area is 238 Å². The number of rotatable bonds is 12. The third kappa shape index (κ3) is 8.54. The summed E-state index contributed by atoms with van der Waals surface area (Å²) in [4.78, 5) is 38.4. The van der Waals surface area contributed by atoms with Crippen LogP contribution < -0.4 is 10.6 Å². The molecule has 3 N–H and O–H groups in total. The molecule has 0 bridgehead atoms. The third-order valence-electron chi connectivity index (χ3n) is 7.29. The van der Waals surface area contributed by atoms with Crippen molar-refractivity contribution in [1.29, 1.82) is 0 Å². The largest absolute Gasteiger partial charge is 0.481 e. The van der Waals surface area contributed by atoms with Crippen LogP contribution in [-0.4, -0.2) is 28.9 Å². The van der Waals surface area contributed by atoms with E-state index in [-0.39, 0.29) is 18.4 Å². The van der Waals surface area contributed by atoms with E-state index in [0.717, 1.165) is 11.1 Å². The van der Waals surface area contributed by atoms with Gasteiger partial charge >= 0.3 is 5.97 Å². The Hall–Kier alpha value is -3.93. The molecule has 0 aliphatic rings. The molecule has 0 aliphatic carbocycles. The van der Waals surface area contributed by atoms with Crippen molar-refractivity contribution in [3.05, 3.63) is 95.6 Å². The van der Waals surface area contributed by atoms with E-state index in [2.05, 4.69) is 41.8 Å². The Morgan fingerprint density at radius 2 is 1.45 bits per heavy atom. The van der Waals surface area contributed by atoms with Crippen molar-refractivity contribution in [1.82, 2.24) is 10.6 Å². The molecule has 3 rings (SSSR count). The smallest absolute Gasteiger partial charge is 0.304 e. The Balaban J connectivity index is 1.71. The van der Waals surface area contributed by atoms with Gasteiger partial charge in [-0.3, -0.25) is 14.4 Å². The number of carbonyl (C=O) groups excluding carboxylic acids is 2. The van der Waals surface area contributed by atoms with Crippen molar-refractivity contribution in [3.8, 4) is 11.1 Å². The summed E-state index contributed by atoms with van der Waals surface area (Å²) in [5.41, 5.74) is 5.05. The van der Waals surface area contributed by atoms with E-state index in [4.69, 9.17) is 0 Å². The van der Waals surface area contributed by atoms with Crippen molar-refractivity contribution in [3.63, 3.8) is 0 Å². The molecule has 0 radical (unpaired) electrons. The minimum Gasteiger partial charge on any atom is -0.481 e. The molecule has 3 aromatic rings. The normalized spacial score (nSPS) is 13.6. The van der Waals surface area contributed by atoms with E-state index in [9.17, 15) is 19.5 Å². The lowest BCUT2D eigenvalue weighted by atomic mass is 9.85. The molecule has 0 fully saturated rings. The summed E-state index contributed by atoms with van der Waals surface area (Å²) in [6.07, 6.45) is 1.47. The first-order valence-electron chi connectivity index (χ1n) is 14.0. The number of carbonyl (C=O) groups is 3. The third-order valence-corrected chi connectivity index (χ3v) is 7.29. The van der Waals surface area contributed by atoms with Gasteiger partial charge in [0.2, 0.25) is 11.8 Å². The zero-order chi connectivity index (χ0) is 29.3. The Morgan fingerprint density at radius 1 is 0.825 bits per heavy atom. The maximum Gasteiger partial charge on any atom is 0.304 e. The fraction of sp³-hybridized carbons (Fsp3) is 0.382. The molecule has 40 heavy (non-hydrogen) atoms. The number of amides is 2. The zero-order valence-electron chi connectivity index (χ0n) is 24.2. The van der Waals surface area contributed by atoms with Crippen molar-refractivity contribution in [2.45, 2.75) is 72.4 Å². The highest BCUT2D eigenvalue weighted by atomic mass is 16.4. The maximum absolute atomic E-state index is 13.4. The summed E-state index contributed by atoms with van der Waals surface area (Å²) in [6.45, 7) is 9.65. The van der Waals surface area contributed by atoms with E-state index in [1.165, 1.54) is 16.7 Å². The fourth-order valence-corrected chi connectivity index (χ4v) is 5.09. The molecule has 0 aromatic heterocycles. The number of carboxylic acid groups (broad SMARTS) is 1. The van der Waals surface area contributed by atoms with Gasteiger partial charge in [0.05, 0.1) is 12.5 Å². The highest BCUT2D eigenvalue weighted by Gasteiger charge is 2.35. The molecule has 3 atom stereocenters. The van der Waals surface area contributed by atoms with Crippen LogP contribution in [0.3, 0.4) is 0 Å². The Bertz CT molecular complexity index is 1280. The predicted octanol–water partition coefficient (Wildman–Crippen LogP) is 6.48. The number of aryl methyl sites for hydroxylation is 2. The standard InChI is InChI=1S/C34H42N2O4/c1-23-14-12-19-27(30(23)26-17-10-7-11-18-26)20-13-21-28(22-29(37)38)32(39)36-31(34(3,4)5)33(40)35-24(2)25-15-8-6-9-16-25/h6-12,14-19,24,28,31H,13,20-22H2,1-5H3,(H,35,40)(H,36,39)(H,37,38)/t24-,28?,31-/m1/s1. The second-order valence-corrected chi connectivity index (χ2v) is 11.6. The number of hydrogen-bond donors (Lipinski definition) is 3. The molecule has 212 valence electrons. The van der Waals surface area contributed by atoms with Gasteiger partial charge in [-0.1, -0.05) is 99.6 Å². The molecule has 6 heteroatoms. The lowest BCUT2D eigenvalue weighted by molar-refractivity contribution is -0.142. The van der Waals surface area contributed by atoms with Crippen LogP contribution in [0.1, 0.15) is 69.7 Å². The average molecular weight is 543 g/mol. The van der Waals surface area contributed by atoms with Crippen LogP contribution in [0.25, 0.3) is 11.1 Å². The van der Waals surface area contributed by atoms with E-state index < -0.39 is 29.3 Å². The number of aliphatic carboxylic acids is 1. The van der Waals surface area contributed by atoms with Gasteiger partial charge in [-0.2, -0.15) is 0 Å². The second-order valence-electron chi connectivity index (χ2n) is 11.6. The lowest BCUT2D eigenvalue weighted by Crippen LogP contribution is -2.55. The number of hydrogen-bond acceptors (Lipinski definition) is 3. The minimum atomic E-state index is -1.03. The first-order valence-corrected chi connectivity index (χ1v) is 14.0. The molecular weight excluding hydrogens is 500 g/mol. The summed E-state index contributed by atoms with van der Waals surface area (Å²) in [7, 11) is 0. The summed E-state index contributed by atoms with van der Waals surface area (Å²) >= 11 is 0. The summed E-state index contributed by atoms with van der Waals surface area (Å²) in [5.74, 6) is -2.47. The molecule has 0 aliphatic heterocycles. The molecular formula is C34H42N2O4. The maximum atomic E-state index is 13.4. The number of benzene rings is 3. The molecule has 3 aromatic carbocycles. The summed E-state index contributed by atoms with van der Waals surface area (Å²) < 4.78 is 0. The lowest BCUT2D eigenvalue weighted by Gasteiger charge is -2.32.